The smallest absolute Gasteiger partial charge is 0.253 e. The average molecular weight is 317 g/mol. The van der Waals surface area contributed by atoms with Crippen LogP contribution in [0.15, 0.2) is 24.4 Å². The van der Waals surface area contributed by atoms with Gasteiger partial charge in [-0.2, -0.15) is 0 Å². The Hall–Kier alpha value is -1.95. The van der Waals surface area contributed by atoms with Crippen molar-refractivity contribution in [1.82, 2.24) is 14.8 Å². The number of amides is 2. The molecule has 0 N–H and O–H groups in total. The Labute approximate surface area is 136 Å². The van der Waals surface area contributed by atoms with Crippen molar-refractivity contribution < 1.29 is 14.3 Å². The second-order valence-corrected chi connectivity index (χ2v) is 6.18. The summed E-state index contributed by atoms with van der Waals surface area (Å²) in [5.41, 5.74) is 1.11. The van der Waals surface area contributed by atoms with Gasteiger partial charge in [0.1, 0.15) is 0 Å². The third-order valence-corrected chi connectivity index (χ3v) is 4.70. The van der Waals surface area contributed by atoms with Crippen molar-refractivity contribution in [1.29, 1.82) is 0 Å². The van der Waals surface area contributed by atoms with Crippen molar-refractivity contribution in [2.24, 2.45) is 0 Å². The Kier molecular flexibility index (Phi) is 4.91. The number of pyridine rings is 1. The fraction of sp³-hybridized carbons (Fsp3) is 0.588. The Bertz CT molecular complexity index is 555. The highest BCUT2D eigenvalue weighted by molar-refractivity contribution is 5.82. The predicted molar refractivity (Wildman–Crippen MR) is 84.8 cm³/mol. The molecular formula is C17H23N3O3. The normalized spacial score (nSPS) is 22.9. The molecule has 6 heteroatoms. The minimum atomic E-state index is -0.515. The van der Waals surface area contributed by atoms with Gasteiger partial charge in [-0.25, -0.2) is 0 Å². The Balaban J connectivity index is 1.55. The van der Waals surface area contributed by atoms with Crippen LogP contribution >= 0.6 is 0 Å². The SMILES string of the molecule is CC(=O)N1CCOC(C(=O)N2CCC(c3ccccn3)CC2)C1. The molecular weight excluding hydrogens is 294 g/mol. The molecule has 3 rings (SSSR count). The molecule has 3 heterocycles. The lowest BCUT2D eigenvalue weighted by atomic mass is 9.93. The van der Waals surface area contributed by atoms with E-state index in [9.17, 15) is 9.59 Å². The largest absolute Gasteiger partial charge is 0.365 e. The van der Waals surface area contributed by atoms with Gasteiger partial charge < -0.3 is 14.5 Å². The molecule has 0 spiro atoms. The highest BCUT2D eigenvalue weighted by Crippen LogP contribution is 2.27. The van der Waals surface area contributed by atoms with Crippen LogP contribution in [0.25, 0.3) is 0 Å². The fourth-order valence-electron chi connectivity index (χ4n) is 3.30. The topological polar surface area (TPSA) is 62.7 Å². The number of rotatable bonds is 2. The Morgan fingerprint density at radius 1 is 1.17 bits per heavy atom. The molecule has 23 heavy (non-hydrogen) atoms. The number of carbonyl (C=O) groups is 2. The fourth-order valence-corrected chi connectivity index (χ4v) is 3.30. The lowest BCUT2D eigenvalue weighted by Crippen LogP contribution is -2.53. The van der Waals surface area contributed by atoms with Crippen LogP contribution in [-0.4, -0.2) is 65.5 Å². The molecule has 124 valence electrons. The number of piperidine rings is 1. The summed E-state index contributed by atoms with van der Waals surface area (Å²) in [4.78, 5) is 32.1. The number of likely N-dealkylation sites (tertiary alicyclic amines) is 1. The number of carbonyl (C=O) groups excluding carboxylic acids is 2. The van der Waals surface area contributed by atoms with E-state index >= 15 is 0 Å². The highest BCUT2D eigenvalue weighted by atomic mass is 16.5. The van der Waals surface area contributed by atoms with Crippen molar-refractivity contribution in [2.75, 3.05) is 32.8 Å². The lowest BCUT2D eigenvalue weighted by molar-refractivity contribution is -0.154. The van der Waals surface area contributed by atoms with Crippen molar-refractivity contribution in [3.63, 3.8) is 0 Å². The van der Waals surface area contributed by atoms with E-state index in [2.05, 4.69) is 11.1 Å². The van der Waals surface area contributed by atoms with Crippen LogP contribution in [0.1, 0.15) is 31.4 Å². The minimum absolute atomic E-state index is 0.0000369. The second kappa shape index (κ2) is 7.08. The van der Waals surface area contributed by atoms with E-state index < -0.39 is 6.10 Å². The van der Waals surface area contributed by atoms with Crippen LogP contribution in [0, 0.1) is 0 Å². The van der Waals surface area contributed by atoms with E-state index in [4.69, 9.17) is 4.74 Å². The van der Waals surface area contributed by atoms with Crippen LogP contribution in [0.4, 0.5) is 0 Å². The summed E-state index contributed by atoms with van der Waals surface area (Å²) in [5, 5.41) is 0. The molecule has 0 saturated carbocycles. The summed E-state index contributed by atoms with van der Waals surface area (Å²) in [5.74, 6) is 0.427. The van der Waals surface area contributed by atoms with E-state index in [1.165, 1.54) is 6.92 Å². The van der Waals surface area contributed by atoms with E-state index in [-0.39, 0.29) is 11.8 Å². The Morgan fingerprint density at radius 3 is 2.61 bits per heavy atom. The maximum Gasteiger partial charge on any atom is 0.253 e. The summed E-state index contributed by atoms with van der Waals surface area (Å²) in [7, 11) is 0. The Morgan fingerprint density at radius 2 is 1.96 bits per heavy atom. The number of ether oxygens (including phenoxy) is 1. The first-order valence-corrected chi connectivity index (χ1v) is 8.22. The number of hydrogen-bond acceptors (Lipinski definition) is 4. The lowest BCUT2D eigenvalue weighted by Gasteiger charge is -2.37. The van der Waals surface area contributed by atoms with Crippen LogP contribution in [0.3, 0.4) is 0 Å². The molecule has 0 aromatic carbocycles. The maximum atomic E-state index is 12.6. The van der Waals surface area contributed by atoms with Crippen LogP contribution < -0.4 is 0 Å². The molecule has 1 atom stereocenters. The van der Waals surface area contributed by atoms with Gasteiger partial charge >= 0.3 is 0 Å². The number of hydrogen-bond donors (Lipinski definition) is 0. The van der Waals surface area contributed by atoms with Crippen LogP contribution in [0.2, 0.25) is 0 Å². The second-order valence-electron chi connectivity index (χ2n) is 6.18. The van der Waals surface area contributed by atoms with Crippen molar-refractivity contribution in [3.05, 3.63) is 30.1 Å². The van der Waals surface area contributed by atoms with Crippen molar-refractivity contribution in [3.8, 4) is 0 Å². The number of morpholine rings is 1. The van der Waals surface area contributed by atoms with Gasteiger partial charge in [0.2, 0.25) is 5.91 Å². The van der Waals surface area contributed by atoms with Crippen molar-refractivity contribution >= 4 is 11.8 Å². The molecule has 0 bridgehead atoms. The van der Waals surface area contributed by atoms with E-state index in [1.807, 2.05) is 23.2 Å². The van der Waals surface area contributed by atoms with E-state index in [0.29, 0.717) is 25.6 Å². The quantitative estimate of drug-likeness (QED) is 0.817. The molecule has 0 aliphatic carbocycles. The first-order valence-electron chi connectivity index (χ1n) is 8.22. The average Bonchev–Trinajstić information content (AvgIpc) is 2.62. The zero-order chi connectivity index (χ0) is 16.2. The number of aromatic nitrogens is 1. The summed E-state index contributed by atoms with van der Waals surface area (Å²) in [6, 6.07) is 5.98. The van der Waals surface area contributed by atoms with E-state index in [0.717, 1.165) is 31.6 Å². The maximum absolute atomic E-state index is 12.6. The standard InChI is InChI=1S/C17H23N3O3/c1-13(21)20-10-11-23-16(12-20)17(22)19-8-5-14(6-9-19)15-4-2-3-7-18-15/h2-4,7,14,16H,5-6,8-12H2,1H3. The summed E-state index contributed by atoms with van der Waals surface area (Å²) >= 11 is 0. The molecule has 2 saturated heterocycles. The number of nitrogens with zero attached hydrogens (tertiary/aromatic N) is 3. The third-order valence-electron chi connectivity index (χ3n) is 4.70. The van der Waals surface area contributed by atoms with Gasteiger partial charge in [0.15, 0.2) is 6.10 Å². The molecule has 2 amide bonds. The van der Waals surface area contributed by atoms with Gasteiger partial charge in [-0.05, 0) is 25.0 Å². The van der Waals surface area contributed by atoms with Gasteiger partial charge in [-0.3, -0.25) is 14.6 Å². The third kappa shape index (κ3) is 3.69. The molecule has 2 aliphatic heterocycles. The molecule has 2 fully saturated rings. The molecule has 1 unspecified atom stereocenters. The first-order chi connectivity index (χ1) is 11.1. The molecule has 6 nitrogen and oxygen atoms in total. The summed E-state index contributed by atoms with van der Waals surface area (Å²) in [6.07, 6.45) is 3.15. The highest BCUT2D eigenvalue weighted by Gasteiger charge is 2.33. The van der Waals surface area contributed by atoms with Gasteiger partial charge in [-0.15, -0.1) is 0 Å². The van der Waals surface area contributed by atoms with Crippen LogP contribution in [0.5, 0.6) is 0 Å². The van der Waals surface area contributed by atoms with Gasteiger partial charge in [-0.1, -0.05) is 6.07 Å². The molecule has 2 aliphatic rings. The summed E-state index contributed by atoms with van der Waals surface area (Å²) in [6.45, 7) is 4.35. The predicted octanol–water partition coefficient (Wildman–Crippen LogP) is 1.03. The van der Waals surface area contributed by atoms with Crippen molar-refractivity contribution in [2.45, 2.75) is 31.8 Å². The molecule has 1 aromatic heterocycles. The van der Waals surface area contributed by atoms with E-state index in [1.54, 1.807) is 4.90 Å². The zero-order valence-electron chi connectivity index (χ0n) is 13.5. The summed E-state index contributed by atoms with van der Waals surface area (Å²) < 4.78 is 5.59. The van der Waals surface area contributed by atoms with Gasteiger partial charge in [0.25, 0.3) is 5.91 Å². The molecule has 1 aromatic rings. The zero-order valence-corrected chi connectivity index (χ0v) is 13.5. The minimum Gasteiger partial charge on any atom is -0.365 e. The van der Waals surface area contributed by atoms with Crippen LogP contribution in [-0.2, 0) is 14.3 Å². The first kappa shape index (κ1) is 15.9. The van der Waals surface area contributed by atoms with Gasteiger partial charge in [0.05, 0.1) is 13.2 Å². The molecule has 0 radical (unpaired) electrons. The monoisotopic (exact) mass is 317 g/mol. The van der Waals surface area contributed by atoms with Gasteiger partial charge in [0, 0.05) is 44.4 Å².